The molecule has 0 saturated carbocycles. The third kappa shape index (κ3) is 4.16. The molecule has 0 aliphatic heterocycles. The van der Waals surface area contributed by atoms with E-state index in [-0.39, 0.29) is 0 Å². The summed E-state index contributed by atoms with van der Waals surface area (Å²) in [6.45, 7) is 5.09. The molecule has 2 heterocycles. The first-order valence-corrected chi connectivity index (χ1v) is 7.73. The standard InChI is InChI=1S/C14H21N5S/c1-4-7-16-13-8-10(2)18-12(19-13)6-5-11-9-17-14(15-3)20-11/h8-9H,4-7H2,1-3H3,(H,15,17)(H,16,18,19). The van der Waals surface area contributed by atoms with Gasteiger partial charge in [-0.05, 0) is 19.8 Å². The summed E-state index contributed by atoms with van der Waals surface area (Å²) in [5, 5.41) is 7.32. The van der Waals surface area contributed by atoms with Crippen LogP contribution in [0.1, 0.15) is 29.7 Å². The smallest absolute Gasteiger partial charge is 0.182 e. The van der Waals surface area contributed by atoms with Crippen molar-refractivity contribution in [2.24, 2.45) is 0 Å². The van der Waals surface area contributed by atoms with Crippen molar-refractivity contribution < 1.29 is 0 Å². The van der Waals surface area contributed by atoms with Gasteiger partial charge in [-0.15, -0.1) is 11.3 Å². The van der Waals surface area contributed by atoms with Crippen LogP contribution in [0, 0.1) is 6.92 Å². The second-order valence-corrected chi connectivity index (χ2v) is 5.73. The molecule has 0 fully saturated rings. The van der Waals surface area contributed by atoms with Crippen molar-refractivity contribution in [3.63, 3.8) is 0 Å². The molecule has 5 nitrogen and oxygen atoms in total. The van der Waals surface area contributed by atoms with Crippen molar-refractivity contribution in [1.82, 2.24) is 15.0 Å². The summed E-state index contributed by atoms with van der Waals surface area (Å²) in [6, 6.07) is 1.99. The van der Waals surface area contributed by atoms with Gasteiger partial charge in [-0.3, -0.25) is 0 Å². The van der Waals surface area contributed by atoms with Crippen molar-refractivity contribution in [2.75, 3.05) is 24.2 Å². The lowest BCUT2D eigenvalue weighted by molar-refractivity contribution is 0.849. The first-order valence-electron chi connectivity index (χ1n) is 6.92. The minimum Gasteiger partial charge on any atom is -0.370 e. The molecule has 2 N–H and O–H groups in total. The molecule has 0 aliphatic carbocycles. The van der Waals surface area contributed by atoms with Crippen molar-refractivity contribution in [2.45, 2.75) is 33.1 Å². The van der Waals surface area contributed by atoms with Crippen molar-refractivity contribution in [3.8, 4) is 0 Å². The summed E-state index contributed by atoms with van der Waals surface area (Å²) in [6.07, 6.45) is 4.78. The molecule has 2 rings (SSSR count). The molecule has 2 aromatic rings. The van der Waals surface area contributed by atoms with Gasteiger partial charge in [0.2, 0.25) is 0 Å². The molecule has 108 valence electrons. The van der Waals surface area contributed by atoms with E-state index in [1.807, 2.05) is 26.2 Å². The topological polar surface area (TPSA) is 62.7 Å². The normalized spacial score (nSPS) is 10.6. The van der Waals surface area contributed by atoms with Crippen LogP contribution in [0.15, 0.2) is 12.3 Å². The molecule has 20 heavy (non-hydrogen) atoms. The zero-order valence-electron chi connectivity index (χ0n) is 12.2. The highest BCUT2D eigenvalue weighted by Crippen LogP contribution is 2.19. The molecular weight excluding hydrogens is 270 g/mol. The first kappa shape index (κ1) is 14.7. The summed E-state index contributed by atoms with van der Waals surface area (Å²) >= 11 is 1.68. The predicted molar refractivity (Wildman–Crippen MR) is 84.6 cm³/mol. The zero-order chi connectivity index (χ0) is 14.4. The molecule has 0 radical (unpaired) electrons. The highest BCUT2D eigenvalue weighted by atomic mass is 32.1. The van der Waals surface area contributed by atoms with Gasteiger partial charge in [-0.1, -0.05) is 6.92 Å². The lowest BCUT2D eigenvalue weighted by Gasteiger charge is -2.07. The van der Waals surface area contributed by atoms with Crippen molar-refractivity contribution >= 4 is 22.3 Å². The first-order chi connectivity index (χ1) is 9.71. The average molecular weight is 291 g/mol. The fraction of sp³-hybridized carbons (Fsp3) is 0.500. The number of nitrogens with zero attached hydrogens (tertiary/aromatic N) is 3. The lowest BCUT2D eigenvalue weighted by Crippen LogP contribution is -2.06. The Kier molecular flexibility index (Phi) is 5.29. The maximum absolute atomic E-state index is 4.56. The molecule has 2 aromatic heterocycles. The van der Waals surface area contributed by atoms with Crippen molar-refractivity contribution in [3.05, 3.63) is 28.7 Å². The minimum absolute atomic E-state index is 0.841. The number of hydrogen-bond donors (Lipinski definition) is 2. The fourth-order valence-electron chi connectivity index (χ4n) is 1.86. The van der Waals surface area contributed by atoms with Crippen LogP contribution >= 0.6 is 11.3 Å². The van der Waals surface area contributed by atoms with Crippen LogP contribution in [0.5, 0.6) is 0 Å². The van der Waals surface area contributed by atoms with Gasteiger partial charge in [0.05, 0.1) is 0 Å². The molecule has 6 heteroatoms. The predicted octanol–water partition coefficient (Wildman–Crippen LogP) is 2.89. The van der Waals surface area contributed by atoms with Gasteiger partial charge in [-0.2, -0.15) is 0 Å². The number of aromatic nitrogens is 3. The fourth-order valence-corrected chi connectivity index (χ4v) is 2.62. The molecule has 0 bridgehead atoms. The highest BCUT2D eigenvalue weighted by Gasteiger charge is 2.05. The van der Waals surface area contributed by atoms with E-state index in [2.05, 4.69) is 32.5 Å². The van der Waals surface area contributed by atoms with Gasteiger partial charge < -0.3 is 10.6 Å². The molecule has 0 aliphatic rings. The molecular formula is C14H21N5S. The molecule has 0 atom stereocenters. The molecule has 0 saturated heterocycles. The largest absolute Gasteiger partial charge is 0.370 e. The van der Waals surface area contributed by atoms with Crippen LogP contribution in [-0.4, -0.2) is 28.5 Å². The summed E-state index contributed by atoms with van der Waals surface area (Å²) in [5.41, 5.74) is 1.01. The third-order valence-electron chi connectivity index (χ3n) is 2.82. The number of hydrogen-bond acceptors (Lipinski definition) is 6. The number of aryl methyl sites for hydroxylation is 3. The van der Waals surface area contributed by atoms with Crippen LogP contribution in [0.25, 0.3) is 0 Å². The van der Waals surface area contributed by atoms with Gasteiger partial charge in [0.1, 0.15) is 11.6 Å². The number of rotatable bonds is 7. The Bertz CT molecular complexity index is 552. The van der Waals surface area contributed by atoms with Gasteiger partial charge >= 0.3 is 0 Å². The number of anilines is 2. The van der Waals surface area contributed by atoms with E-state index < -0.39 is 0 Å². The quantitative estimate of drug-likeness (QED) is 0.821. The Morgan fingerprint density at radius 1 is 1.25 bits per heavy atom. The average Bonchev–Trinajstić information content (AvgIpc) is 2.90. The number of nitrogens with one attached hydrogen (secondary N) is 2. The van der Waals surface area contributed by atoms with Crippen LogP contribution < -0.4 is 10.6 Å². The monoisotopic (exact) mass is 291 g/mol. The highest BCUT2D eigenvalue weighted by molar-refractivity contribution is 7.15. The molecule has 0 amide bonds. The summed E-state index contributed by atoms with van der Waals surface area (Å²) < 4.78 is 0. The van der Waals surface area contributed by atoms with Gasteiger partial charge in [0.15, 0.2) is 5.13 Å². The van der Waals surface area contributed by atoms with Gasteiger partial charge in [0.25, 0.3) is 0 Å². The summed E-state index contributed by atoms with van der Waals surface area (Å²) in [4.78, 5) is 14.6. The Morgan fingerprint density at radius 2 is 2.10 bits per heavy atom. The Labute approximate surface area is 123 Å². The molecule has 0 spiro atoms. The summed E-state index contributed by atoms with van der Waals surface area (Å²) in [5.74, 6) is 1.82. The van der Waals surface area contributed by atoms with E-state index in [0.29, 0.717) is 0 Å². The van der Waals surface area contributed by atoms with E-state index in [1.165, 1.54) is 4.88 Å². The van der Waals surface area contributed by atoms with Crippen LogP contribution in [0.4, 0.5) is 10.9 Å². The summed E-state index contributed by atoms with van der Waals surface area (Å²) in [7, 11) is 1.89. The van der Waals surface area contributed by atoms with E-state index in [4.69, 9.17) is 0 Å². The minimum atomic E-state index is 0.841. The van der Waals surface area contributed by atoms with Gasteiger partial charge in [0, 0.05) is 42.8 Å². The SMILES string of the molecule is CCCNc1cc(C)nc(CCc2cnc(NC)s2)n1. The van der Waals surface area contributed by atoms with Gasteiger partial charge in [-0.25, -0.2) is 15.0 Å². The van der Waals surface area contributed by atoms with E-state index in [9.17, 15) is 0 Å². The van der Waals surface area contributed by atoms with Crippen LogP contribution in [-0.2, 0) is 12.8 Å². The van der Waals surface area contributed by atoms with E-state index in [0.717, 1.165) is 48.3 Å². The van der Waals surface area contributed by atoms with Crippen LogP contribution in [0.3, 0.4) is 0 Å². The van der Waals surface area contributed by atoms with E-state index >= 15 is 0 Å². The third-order valence-corrected chi connectivity index (χ3v) is 3.89. The Hall–Kier alpha value is -1.69. The number of thiazole rings is 1. The lowest BCUT2D eigenvalue weighted by atomic mass is 10.2. The Balaban J connectivity index is 1.99. The Morgan fingerprint density at radius 3 is 2.80 bits per heavy atom. The second kappa shape index (κ2) is 7.19. The van der Waals surface area contributed by atoms with Crippen molar-refractivity contribution in [1.29, 1.82) is 0 Å². The van der Waals surface area contributed by atoms with E-state index in [1.54, 1.807) is 11.3 Å². The van der Waals surface area contributed by atoms with Crippen LogP contribution in [0.2, 0.25) is 0 Å². The zero-order valence-corrected chi connectivity index (χ0v) is 13.0. The molecule has 0 unspecified atom stereocenters. The second-order valence-electron chi connectivity index (χ2n) is 4.62. The maximum atomic E-state index is 4.56. The maximum Gasteiger partial charge on any atom is 0.182 e. The molecule has 0 aromatic carbocycles.